The SMILES string of the molecule is Cc1cc(C)n2c(NC(C)(C)CC(C)(C)C)c(C)nc2c1. The Kier molecular flexibility index (Phi) is 3.81. The minimum Gasteiger partial charge on any atom is -0.365 e. The molecule has 0 amide bonds. The molecule has 0 bridgehead atoms. The largest absolute Gasteiger partial charge is 0.365 e. The molecule has 2 aromatic rings. The summed E-state index contributed by atoms with van der Waals surface area (Å²) in [5.74, 6) is 1.12. The van der Waals surface area contributed by atoms with Gasteiger partial charge in [-0.25, -0.2) is 4.98 Å². The van der Waals surface area contributed by atoms with Gasteiger partial charge in [-0.1, -0.05) is 20.8 Å². The zero-order valence-corrected chi connectivity index (χ0v) is 14.8. The number of imidazole rings is 1. The number of anilines is 1. The predicted molar refractivity (Wildman–Crippen MR) is 91.2 cm³/mol. The van der Waals surface area contributed by atoms with Gasteiger partial charge in [0.1, 0.15) is 11.5 Å². The summed E-state index contributed by atoms with van der Waals surface area (Å²) in [4.78, 5) is 4.72. The Balaban J connectivity index is 2.45. The normalized spacial score (nSPS) is 13.0. The standard InChI is InChI=1S/C18H29N3/c1-12-9-13(2)21-15(10-12)19-14(3)16(21)20-18(7,8)11-17(4,5)6/h9-10,20H,11H2,1-8H3. The van der Waals surface area contributed by atoms with Crippen molar-refractivity contribution < 1.29 is 0 Å². The zero-order chi connectivity index (χ0) is 16.0. The third kappa shape index (κ3) is 3.58. The number of aromatic nitrogens is 2. The number of hydrogen-bond donors (Lipinski definition) is 1. The van der Waals surface area contributed by atoms with E-state index in [9.17, 15) is 0 Å². The van der Waals surface area contributed by atoms with Crippen LogP contribution in [0.25, 0.3) is 5.65 Å². The summed E-state index contributed by atoms with van der Waals surface area (Å²) in [5, 5.41) is 3.73. The van der Waals surface area contributed by atoms with E-state index in [-0.39, 0.29) is 11.0 Å². The Hall–Kier alpha value is -1.51. The van der Waals surface area contributed by atoms with Gasteiger partial charge >= 0.3 is 0 Å². The fraction of sp³-hybridized carbons (Fsp3) is 0.611. The van der Waals surface area contributed by atoms with Gasteiger partial charge < -0.3 is 5.32 Å². The first-order chi connectivity index (χ1) is 9.48. The molecule has 0 fully saturated rings. The van der Waals surface area contributed by atoms with Crippen molar-refractivity contribution >= 4 is 11.5 Å². The van der Waals surface area contributed by atoms with E-state index in [2.05, 4.69) is 77.2 Å². The molecular weight excluding hydrogens is 258 g/mol. The monoisotopic (exact) mass is 287 g/mol. The number of pyridine rings is 1. The van der Waals surface area contributed by atoms with E-state index in [1.165, 1.54) is 11.3 Å². The Morgan fingerprint density at radius 2 is 1.67 bits per heavy atom. The average molecular weight is 287 g/mol. The van der Waals surface area contributed by atoms with Crippen molar-refractivity contribution in [2.75, 3.05) is 5.32 Å². The maximum atomic E-state index is 4.72. The fourth-order valence-electron chi connectivity index (χ4n) is 3.48. The van der Waals surface area contributed by atoms with E-state index in [4.69, 9.17) is 4.98 Å². The number of aryl methyl sites for hydroxylation is 3. The highest BCUT2D eigenvalue weighted by Gasteiger charge is 2.27. The summed E-state index contributed by atoms with van der Waals surface area (Å²) >= 11 is 0. The van der Waals surface area contributed by atoms with Crippen molar-refractivity contribution in [1.29, 1.82) is 0 Å². The van der Waals surface area contributed by atoms with Crippen LogP contribution in [0.15, 0.2) is 12.1 Å². The highest BCUT2D eigenvalue weighted by Crippen LogP contribution is 2.31. The van der Waals surface area contributed by atoms with Crippen molar-refractivity contribution in [3.63, 3.8) is 0 Å². The zero-order valence-electron chi connectivity index (χ0n) is 14.8. The molecule has 116 valence electrons. The molecule has 2 aromatic heterocycles. The van der Waals surface area contributed by atoms with Crippen LogP contribution in [0, 0.1) is 26.2 Å². The molecule has 0 aromatic carbocycles. The van der Waals surface area contributed by atoms with Crippen molar-refractivity contribution in [1.82, 2.24) is 9.38 Å². The molecule has 3 heteroatoms. The molecule has 21 heavy (non-hydrogen) atoms. The van der Waals surface area contributed by atoms with Gasteiger partial charge in [0.15, 0.2) is 0 Å². The van der Waals surface area contributed by atoms with Crippen LogP contribution >= 0.6 is 0 Å². The van der Waals surface area contributed by atoms with Crippen LogP contribution in [-0.2, 0) is 0 Å². The van der Waals surface area contributed by atoms with Crippen LogP contribution in [0.2, 0.25) is 0 Å². The molecule has 2 rings (SSSR count). The van der Waals surface area contributed by atoms with Crippen molar-refractivity contribution in [2.45, 2.75) is 67.3 Å². The van der Waals surface area contributed by atoms with Gasteiger partial charge in [0, 0.05) is 11.2 Å². The summed E-state index contributed by atoms with van der Waals surface area (Å²) in [7, 11) is 0. The number of fused-ring (bicyclic) bond motifs is 1. The number of nitrogens with zero attached hydrogens (tertiary/aromatic N) is 2. The summed E-state index contributed by atoms with van der Waals surface area (Å²) in [6, 6.07) is 4.35. The van der Waals surface area contributed by atoms with Crippen molar-refractivity contribution in [2.24, 2.45) is 5.41 Å². The Labute approximate surface area is 128 Å². The topological polar surface area (TPSA) is 29.3 Å². The minimum absolute atomic E-state index is 0.0241. The third-order valence-corrected chi connectivity index (χ3v) is 3.65. The molecular formula is C18H29N3. The van der Waals surface area contributed by atoms with Gasteiger partial charge in [-0.15, -0.1) is 0 Å². The fourth-order valence-corrected chi connectivity index (χ4v) is 3.48. The molecule has 0 saturated carbocycles. The lowest BCUT2D eigenvalue weighted by Gasteiger charge is -2.34. The highest BCUT2D eigenvalue weighted by atomic mass is 15.2. The Bertz CT molecular complexity index is 657. The van der Waals surface area contributed by atoms with Crippen LogP contribution in [0.3, 0.4) is 0 Å². The molecule has 0 radical (unpaired) electrons. The van der Waals surface area contributed by atoms with Crippen LogP contribution in [0.1, 0.15) is 58.0 Å². The second-order valence-corrected chi connectivity index (χ2v) is 8.16. The molecule has 0 saturated heterocycles. The molecule has 0 aliphatic carbocycles. The Morgan fingerprint density at radius 1 is 1.05 bits per heavy atom. The first kappa shape index (κ1) is 15.9. The molecule has 0 atom stereocenters. The molecule has 0 aliphatic heterocycles. The van der Waals surface area contributed by atoms with Crippen LogP contribution < -0.4 is 5.32 Å². The molecule has 3 nitrogen and oxygen atoms in total. The van der Waals surface area contributed by atoms with E-state index < -0.39 is 0 Å². The lowest BCUT2D eigenvalue weighted by Crippen LogP contribution is -2.36. The summed E-state index contributed by atoms with van der Waals surface area (Å²) in [6.07, 6.45) is 1.09. The highest BCUT2D eigenvalue weighted by molar-refractivity contribution is 5.58. The van der Waals surface area contributed by atoms with E-state index in [1.807, 2.05) is 0 Å². The lowest BCUT2D eigenvalue weighted by molar-refractivity contribution is 0.302. The molecule has 0 spiro atoms. The smallest absolute Gasteiger partial charge is 0.139 e. The summed E-state index contributed by atoms with van der Waals surface area (Å²) < 4.78 is 2.23. The number of rotatable bonds is 3. The van der Waals surface area contributed by atoms with Crippen molar-refractivity contribution in [3.05, 3.63) is 29.1 Å². The van der Waals surface area contributed by atoms with Crippen LogP contribution in [-0.4, -0.2) is 14.9 Å². The lowest BCUT2D eigenvalue weighted by atomic mass is 9.82. The minimum atomic E-state index is 0.0241. The van der Waals surface area contributed by atoms with E-state index in [0.29, 0.717) is 0 Å². The molecule has 0 unspecified atom stereocenters. The van der Waals surface area contributed by atoms with E-state index >= 15 is 0 Å². The quantitative estimate of drug-likeness (QED) is 0.871. The second kappa shape index (κ2) is 5.04. The van der Waals surface area contributed by atoms with Crippen molar-refractivity contribution in [3.8, 4) is 0 Å². The summed E-state index contributed by atoms with van der Waals surface area (Å²) in [6.45, 7) is 17.7. The first-order valence-corrected chi connectivity index (χ1v) is 7.73. The van der Waals surface area contributed by atoms with Crippen LogP contribution in [0.4, 0.5) is 5.82 Å². The third-order valence-electron chi connectivity index (χ3n) is 3.65. The number of hydrogen-bond acceptors (Lipinski definition) is 2. The Morgan fingerprint density at radius 3 is 2.24 bits per heavy atom. The first-order valence-electron chi connectivity index (χ1n) is 7.73. The van der Waals surface area contributed by atoms with Gasteiger partial charge in [-0.3, -0.25) is 4.40 Å². The maximum Gasteiger partial charge on any atom is 0.139 e. The molecule has 0 aliphatic rings. The maximum absolute atomic E-state index is 4.72. The summed E-state index contributed by atoms with van der Waals surface area (Å²) in [5.41, 5.74) is 4.88. The second-order valence-electron chi connectivity index (χ2n) is 8.16. The van der Waals surface area contributed by atoms with Crippen LogP contribution in [0.5, 0.6) is 0 Å². The van der Waals surface area contributed by atoms with Gasteiger partial charge in [-0.05, 0) is 64.2 Å². The van der Waals surface area contributed by atoms with Gasteiger partial charge in [0.2, 0.25) is 0 Å². The van der Waals surface area contributed by atoms with E-state index in [1.54, 1.807) is 0 Å². The predicted octanol–water partition coefficient (Wildman–Crippen LogP) is 4.89. The average Bonchev–Trinajstić information content (AvgIpc) is 2.50. The van der Waals surface area contributed by atoms with Gasteiger partial charge in [0.05, 0.1) is 5.69 Å². The molecule has 1 N–H and O–H groups in total. The number of nitrogens with one attached hydrogen (secondary N) is 1. The van der Waals surface area contributed by atoms with Gasteiger partial charge in [-0.2, -0.15) is 0 Å². The van der Waals surface area contributed by atoms with E-state index in [0.717, 1.165) is 23.6 Å². The molecule has 2 heterocycles. The van der Waals surface area contributed by atoms with Gasteiger partial charge in [0.25, 0.3) is 0 Å².